The van der Waals surface area contributed by atoms with E-state index in [9.17, 15) is 0 Å². The molecule has 0 amide bonds. The Bertz CT molecular complexity index is 595. The van der Waals surface area contributed by atoms with Crippen molar-refractivity contribution in [2.45, 2.75) is 38.9 Å². The predicted octanol–water partition coefficient (Wildman–Crippen LogP) is 1.57. The van der Waals surface area contributed by atoms with Gasteiger partial charge in [0.2, 0.25) is 0 Å². The van der Waals surface area contributed by atoms with E-state index in [-0.39, 0.29) is 18.3 Å². The zero-order chi connectivity index (χ0) is 14.4. The van der Waals surface area contributed by atoms with Crippen LogP contribution in [0.5, 0.6) is 0 Å². The third-order valence-corrected chi connectivity index (χ3v) is 4.08. The van der Waals surface area contributed by atoms with E-state index in [4.69, 9.17) is 9.31 Å². The summed E-state index contributed by atoms with van der Waals surface area (Å²) in [5.74, 6) is 0. The molecule has 104 valence electrons. The Hall–Kier alpha value is -1.66. The van der Waals surface area contributed by atoms with Gasteiger partial charge in [0.1, 0.15) is 12.7 Å². The molecule has 1 aliphatic heterocycles. The molecule has 0 radical (unpaired) electrons. The Morgan fingerprint density at radius 3 is 2.40 bits per heavy atom. The van der Waals surface area contributed by atoms with E-state index in [1.807, 2.05) is 52.0 Å². The van der Waals surface area contributed by atoms with Crippen molar-refractivity contribution in [1.82, 2.24) is 14.8 Å². The second kappa shape index (κ2) is 4.43. The van der Waals surface area contributed by atoms with Crippen molar-refractivity contribution in [1.29, 1.82) is 0 Å². The van der Waals surface area contributed by atoms with Crippen LogP contribution in [0.3, 0.4) is 0 Å². The molecule has 0 bridgehead atoms. The number of rotatable bonds is 2. The number of hydrogen-bond acceptors (Lipinski definition) is 4. The van der Waals surface area contributed by atoms with Crippen LogP contribution in [0.4, 0.5) is 0 Å². The molecule has 3 rings (SSSR count). The van der Waals surface area contributed by atoms with Gasteiger partial charge in [0.05, 0.1) is 16.9 Å². The molecule has 0 saturated carbocycles. The molecule has 2 heterocycles. The monoisotopic (exact) mass is 271 g/mol. The van der Waals surface area contributed by atoms with Gasteiger partial charge < -0.3 is 9.31 Å². The highest BCUT2D eigenvalue weighted by Crippen LogP contribution is 2.36. The van der Waals surface area contributed by atoms with Gasteiger partial charge in [-0.25, -0.2) is 9.67 Å². The van der Waals surface area contributed by atoms with Crippen molar-refractivity contribution in [2.24, 2.45) is 0 Å². The van der Waals surface area contributed by atoms with Gasteiger partial charge in [0, 0.05) is 0 Å². The minimum absolute atomic E-state index is 0.332. The molecule has 0 atom stereocenters. The van der Waals surface area contributed by atoms with Gasteiger partial charge >= 0.3 is 7.12 Å². The summed E-state index contributed by atoms with van der Waals surface area (Å²) in [6.45, 7) is 8.20. The predicted molar refractivity (Wildman–Crippen MR) is 77.1 cm³/mol. The number of benzene rings is 1. The van der Waals surface area contributed by atoms with Gasteiger partial charge in [-0.2, -0.15) is 5.10 Å². The summed E-state index contributed by atoms with van der Waals surface area (Å²) in [6.07, 6.45) is 3.19. The molecule has 20 heavy (non-hydrogen) atoms. The first-order chi connectivity index (χ1) is 9.39. The van der Waals surface area contributed by atoms with Crippen LogP contribution in [-0.2, 0) is 9.31 Å². The van der Waals surface area contributed by atoms with E-state index in [0.717, 1.165) is 11.2 Å². The molecular weight excluding hydrogens is 253 g/mol. The molecule has 0 unspecified atom stereocenters. The van der Waals surface area contributed by atoms with E-state index in [1.165, 1.54) is 6.33 Å². The molecule has 5 nitrogen and oxygen atoms in total. The topological polar surface area (TPSA) is 49.2 Å². The number of aromatic nitrogens is 3. The lowest BCUT2D eigenvalue weighted by Gasteiger charge is -2.32. The lowest BCUT2D eigenvalue weighted by atomic mass is 9.79. The summed E-state index contributed by atoms with van der Waals surface area (Å²) in [6, 6.07) is 7.96. The molecule has 0 aliphatic carbocycles. The first kappa shape index (κ1) is 13.3. The van der Waals surface area contributed by atoms with Crippen LogP contribution in [0.15, 0.2) is 36.9 Å². The summed E-state index contributed by atoms with van der Waals surface area (Å²) in [7, 11) is -0.358. The molecule has 1 fully saturated rings. The van der Waals surface area contributed by atoms with Crippen molar-refractivity contribution in [3.05, 3.63) is 36.9 Å². The SMILES string of the molecule is CC1(C)OB(c2cccc(-n3cncn3)c2)OC1(C)C. The average molecular weight is 271 g/mol. The van der Waals surface area contributed by atoms with E-state index in [1.54, 1.807) is 11.0 Å². The minimum atomic E-state index is -0.358. The van der Waals surface area contributed by atoms with Crippen molar-refractivity contribution >= 4 is 12.6 Å². The van der Waals surface area contributed by atoms with Crippen molar-refractivity contribution in [3.63, 3.8) is 0 Å². The average Bonchev–Trinajstić information content (AvgIpc) is 2.97. The summed E-state index contributed by atoms with van der Waals surface area (Å²) < 4.78 is 13.8. The van der Waals surface area contributed by atoms with E-state index >= 15 is 0 Å². The standard InChI is InChI=1S/C14H18BN3O2/c1-13(2)14(3,4)20-15(19-13)11-6-5-7-12(8-11)18-10-16-9-17-18/h5-10H,1-4H3. The van der Waals surface area contributed by atoms with Gasteiger partial charge in [-0.15, -0.1) is 0 Å². The highest BCUT2D eigenvalue weighted by Gasteiger charge is 2.51. The van der Waals surface area contributed by atoms with Gasteiger partial charge in [-0.05, 0) is 45.3 Å². The summed E-state index contributed by atoms with van der Waals surface area (Å²) in [4.78, 5) is 3.96. The first-order valence-corrected chi connectivity index (χ1v) is 6.70. The van der Waals surface area contributed by atoms with Crippen LogP contribution in [-0.4, -0.2) is 33.1 Å². The Kier molecular flexibility index (Phi) is 2.95. The maximum absolute atomic E-state index is 6.05. The van der Waals surface area contributed by atoms with E-state index in [2.05, 4.69) is 10.1 Å². The van der Waals surface area contributed by atoms with Crippen LogP contribution < -0.4 is 5.46 Å². The summed E-state index contributed by atoms with van der Waals surface area (Å²) >= 11 is 0. The molecule has 6 heteroatoms. The molecule has 1 aliphatic rings. The highest BCUT2D eigenvalue weighted by molar-refractivity contribution is 6.62. The Labute approximate surface area is 119 Å². The zero-order valence-corrected chi connectivity index (χ0v) is 12.2. The largest absolute Gasteiger partial charge is 0.494 e. The molecule has 2 aromatic rings. The summed E-state index contributed by atoms with van der Waals surface area (Å²) in [5, 5.41) is 4.14. The Morgan fingerprint density at radius 1 is 1.10 bits per heavy atom. The molecule has 1 saturated heterocycles. The molecular formula is C14H18BN3O2. The third kappa shape index (κ3) is 2.15. The fourth-order valence-corrected chi connectivity index (χ4v) is 2.13. The van der Waals surface area contributed by atoms with Crippen LogP contribution in [0.1, 0.15) is 27.7 Å². The van der Waals surface area contributed by atoms with Crippen molar-refractivity contribution < 1.29 is 9.31 Å². The zero-order valence-electron chi connectivity index (χ0n) is 12.2. The summed E-state index contributed by atoms with van der Waals surface area (Å²) in [5.41, 5.74) is 1.26. The maximum atomic E-state index is 6.05. The smallest absolute Gasteiger partial charge is 0.399 e. The lowest BCUT2D eigenvalue weighted by Crippen LogP contribution is -2.41. The van der Waals surface area contributed by atoms with Gasteiger partial charge in [0.25, 0.3) is 0 Å². The van der Waals surface area contributed by atoms with Crippen LogP contribution >= 0.6 is 0 Å². The number of nitrogens with zero attached hydrogens (tertiary/aromatic N) is 3. The van der Waals surface area contributed by atoms with Crippen LogP contribution in [0.2, 0.25) is 0 Å². The molecule has 0 N–H and O–H groups in total. The first-order valence-electron chi connectivity index (χ1n) is 6.70. The fourth-order valence-electron chi connectivity index (χ4n) is 2.13. The maximum Gasteiger partial charge on any atom is 0.494 e. The minimum Gasteiger partial charge on any atom is -0.399 e. The Morgan fingerprint density at radius 2 is 1.80 bits per heavy atom. The third-order valence-electron chi connectivity index (χ3n) is 4.08. The van der Waals surface area contributed by atoms with Crippen molar-refractivity contribution in [3.8, 4) is 5.69 Å². The van der Waals surface area contributed by atoms with Crippen LogP contribution in [0, 0.1) is 0 Å². The molecule has 1 aromatic heterocycles. The lowest BCUT2D eigenvalue weighted by molar-refractivity contribution is 0.00578. The van der Waals surface area contributed by atoms with E-state index in [0.29, 0.717) is 0 Å². The second-order valence-electron chi connectivity index (χ2n) is 6.02. The van der Waals surface area contributed by atoms with E-state index < -0.39 is 0 Å². The molecule has 0 spiro atoms. The molecule has 1 aromatic carbocycles. The Balaban J connectivity index is 1.91. The fraction of sp³-hybridized carbons (Fsp3) is 0.429. The van der Waals surface area contributed by atoms with Gasteiger partial charge in [-0.1, -0.05) is 12.1 Å². The van der Waals surface area contributed by atoms with Crippen molar-refractivity contribution in [2.75, 3.05) is 0 Å². The highest BCUT2D eigenvalue weighted by atomic mass is 16.7. The second-order valence-corrected chi connectivity index (χ2v) is 6.02. The normalized spacial score (nSPS) is 20.3. The number of hydrogen-bond donors (Lipinski definition) is 0. The van der Waals surface area contributed by atoms with Gasteiger partial charge in [0.15, 0.2) is 0 Å². The van der Waals surface area contributed by atoms with Crippen LogP contribution in [0.25, 0.3) is 5.69 Å². The quantitative estimate of drug-likeness (QED) is 0.778. The van der Waals surface area contributed by atoms with Gasteiger partial charge in [-0.3, -0.25) is 0 Å².